The van der Waals surface area contributed by atoms with Crippen molar-refractivity contribution in [2.75, 3.05) is 26.8 Å². The number of carbonyl (C=O) groups excluding carboxylic acids is 1. The van der Waals surface area contributed by atoms with Crippen molar-refractivity contribution >= 4 is 23.2 Å². The van der Waals surface area contributed by atoms with Crippen LogP contribution in [0.2, 0.25) is 0 Å². The average Bonchev–Trinajstić information content (AvgIpc) is 2.98. The number of hydrogen-bond acceptors (Lipinski definition) is 4. The molecule has 0 radical (unpaired) electrons. The first-order valence-corrected chi connectivity index (χ1v) is 7.98. The number of ether oxygens (including phenoxy) is 1. The second kappa shape index (κ2) is 7.04. The van der Waals surface area contributed by atoms with Crippen molar-refractivity contribution in [1.29, 1.82) is 0 Å². The minimum Gasteiger partial charge on any atom is -0.481 e. The molecule has 2 heterocycles. The van der Waals surface area contributed by atoms with Crippen molar-refractivity contribution in [3.05, 3.63) is 22.4 Å². The predicted molar refractivity (Wildman–Crippen MR) is 80.4 cm³/mol. The monoisotopic (exact) mass is 311 g/mol. The lowest BCUT2D eigenvalue weighted by Gasteiger charge is -2.40. The van der Waals surface area contributed by atoms with Gasteiger partial charge >= 0.3 is 5.97 Å². The molecule has 1 aliphatic heterocycles. The molecule has 1 N–H and O–H groups in total. The van der Waals surface area contributed by atoms with Crippen LogP contribution < -0.4 is 0 Å². The maximum absolute atomic E-state index is 12.4. The highest BCUT2D eigenvalue weighted by Gasteiger charge is 2.43. The summed E-state index contributed by atoms with van der Waals surface area (Å²) in [6.45, 7) is 1.33. The highest BCUT2D eigenvalue weighted by atomic mass is 32.1. The van der Waals surface area contributed by atoms with E-state index in [4.69, 9.17) is 4.74 Å². The Morgan fingerprint density at radius 2 is 2.33 bits per heavy atom. The van der Waals surface area contributed by atoms with Gasteiger partial charge in [-0.25, -0.2) is 0 Å². The molecule has 2 rings (SSSR count). The van der Waals surface area contributed by atoms with Crippen LogP contribution in [0.15, 0.2) is 17.5 Å². The molecule has 0 spiro atoms. The Hall–Kier alpha value is -1.40. The van der Waals surface area contributed by atoms with Crippen LogP contribution in [0.1, 0.15) is 24.1 Å². The van der Waals surface area contributed by atoms with Crippen LogP contribution >= 0.6 is 11.3 Å². The quantitative estimate of drug-likeness (QED) is 0.873. The van der Waals surface area contributed by atoms with Crippen LogP contribution in [-0.4, -0.2) is 48.7 Å². The van der Waals surface area contributed by atoms with E-state index in [0.717, 1.165) is 11.3 Å². The Morgan fingerprint density at radius 1 is 1.52 bits per heavy atom. The summed E-state index contributed by atoms with van der Waals surface area (Å²) < 4.78 is 5.04. The number of amides is 1. The fraction of sp³-hybridized carbons (Fsp3) is 0.600. The molecule has 1 aromatic rings. The summed E-state index contributed by atoms with van der Waals surface area (Å²) in [5.41, 5.74) is -0.862. The zero-order valence-electron chi connectivity index (χ0n) is 12.2. The Balaban J connectivity index is 2.04. The molecule has 6 heteroatoms. The number of aliphatic carboxylic acids is 1. The standard InChI is InChI=1S/C15H21NO4S/c1-20-8-6-15(14(18)19)5-3-7-16(11-15)13(17)10-12-4-2-9-21-12/h2,4,9H,3,5-8,10-11H2,1H3,(H,18,19). The fourth-order valence-electron chi connectivity index (χ4n) is 2.80. The minimum atomic E-state index is -0.862. The summed E-state index contributed by atoms with van der Waals surface area (Å²) in [5.74, 6) is -0.812. The number of nitrogens with zero attached hydrogens (tertiary/aromatic N) is 1. The van der Waals surface area contributed by atoms with Gasteiger partial charge in [0.2, 0.25) is 5.91 Å². The number of carboxylic acids is 1. The summed E-state index contributed by atoms with van der Waals surface area (Å²) in [6.07, 6.45) is 2.14. The number of likely N-dealkylation sites (tertiary alicyclic amines) is 1. The second-order valence-electron chi connectivity index (χ2n) is 5.50. The number of thiophene rings is 1. The van der Waals surface area contributed by atoms with Gasteiger partial charge in [0.1, 0.15) is 0 Å². The van der Waals surface area contributed by atoms with Gasteiger partial charge in [-0.3, -0.25) is 9.59 Å². The molecule has 0 aliphatic carbocycles. The molecule has 1 amide bonds. The third-order valence-electron chi connectivity index (χ3n) is 4.07. The summed E-state index contributed by atoms with van der Waals surface area (Å²) in [7, 11) is 1.57. The highest BCUT2D eigenvalue weighted by Crippen LogP contribution is 2.34. The van der Waals surface area contributed by atoms with Gasteiger partial charge in [0.15, 0.2) is 0 Å². The van der Waals surface area contributed by atoms with Crippen molar-refractivity contribution < 1.29 is 19.4 Å². The lowest BCUT2D eigenvalue weighted by atomic mass is 9.77. The Morgan fingerprint density at radius 3 is 2.95 bits per heavy atom. The molecular formula is C15H21NO4S. The van der Waals surface area contributed by atoms with E-state index in [1.807, 2.05) is 17.5 Å². The first-order chi connectivity index (χ1) is 10.1. The molecule has 0 bridgehead atoms. The molecule has 0 saturated carbocycles. The maximum atomic E-state index is 12.4. The summed E-state index contributed by atoms with van der Waals surface area (Å²) in [6, 6.07) is 3.85. The molecule has 1 saturated heterocycles. The summed E-state index contributed by atoms with van der Waals surface area (Å²) in [4.78, 5) is 26.8. The molecule has 21 heavy (non-hydrogen) atoms. The first-order valence-electron chi connectivity index (χ1n) is 7.10. The van der Waals surface area contributed by atoms with Crippen LogP contribution in [0.4, 0.5) is 0 Å². The molecule has 5 nitrogen and oxygen atoms in total. The van der Waals surface area contributed by atoms with E-state index in [1.165, 1.54) is 0 Å². The van der Waals surface area contributed by atoms with Crippen LogP contribution in [0.25, 0.3) is 0 Å². The molecular weight excluding hydrogens is 290 g/mol. The maximum Gasteiger partial charge on any atom is 0.311 e. The smallest absolute Gasteiger partial charge is 0.311 e. The van der Waals surface area contributed by atoms with Crippen molar-refractivity contribution in [1.82, 2.24) is 4.90 Å². The van der Waals surface area contributed by atoms with Gasteiger partial charge in [0.25, 0.3) is 0 Å². The van der Waals surface area contributed by atoms with Crippen LogP contribution in [0.3, 0.4) is 0 Å². The van der Waals surface area contributed by atoms with E-state index in [2.05, 4.69) is 0 Å². The molecule has 0 aromatic carbocycles. The third kappa shape index (κ3) is 3.83. The summed E-state index contributed by atoms with van der Waals surface area (Å²) >= 11 is 1.55. The van der Waals surface area contributed by atoms with Gasteiger partial charge in [-0.05, 0) is 30.7 Å². The Bertz CT molecular complexity index is 488. The number of hydrogen-bond donors (Lipinski definition) is 1. The van der Waals surface area contributed by atoms with Gasteiger partial charge in [0, 0.05) is 31.7 Å². The third-order valence-corrected chi connectivity index (χ3v) is 4.95. The van der Waals surface area contributed by atoms with Crippen LogP contribution in [0, 0.1) is 5.41 Å². The zero-order valence-corrected chi connectivity index (χ0v) is 13.0. The van der Waals surface area contributed by atoms with Gasteiger partial charge in [0.05, 0.1) is 11.8 Å². The Labute approximate surface area is 128 Å². The van der Waals surface area contributed by atoms with Crippen LogP contribution in [-0.2, 0) is 20.7 Å². The summed E-state index contributed by atoms with van der Waals surface area (Å²) in [5, 5.41) is 11.5. The largest absolute Gasteiger partial charge is 0.481 e. The number of carboxylic acid groups (broad SMARTS) is 1. The average molecular weight is 311 g/mol. The number of rotatable bonds is 6. The molecule has 1 aliphatic rings. The number of carbonyl (C=O) groups is 2. The lowest BCUT2D eigenvalue weighted by molar-refractivity contribution is -0.156. The van der Waals surface area contributed by atoms with Crippen LogP contribution in [0.5, 0.6) is 0 Å². The highest BCUT2D eigenvalue weighted by molar-refractivity contribution is 7.10. The fourth-order valence-corrected chi connectivity index (χ4v) is 3.50. The van der Waals surface area contributed by atoms with Crippen molar-refractivity contribution in [3.8, 4) is 0 Å². The number of methoxy groups -OCH3 is 1. The van der Waals surface area contributed by atoms with Gasteiger partial charge in [-0.1, -0.05) is 6.07 Å². The number of piperidine rings is 1. The van der Waals surface area contributed by atoms with Gasteiger partial charge < -0.3 is 14.7 Å². The lowest BCUT2D eigenvalue weighted by Crippen LogP contribution is -2.50. The van der Waals surface area contributed by atoms with E-state index in [1.54, 1.807) is 23.3 Å². The molecule has 116 valence electrons. The zero-order chi connectivity index (χ0) is 15.3. The molecule has 1 fully saturated rings. The van der Waals surface area contributed by atoms with Crippen molar-refractivity contribution in [2.45, 2.75) is 25.7 Å². The normalized spacial score (nSPS) is 22.2. The van der Waals surface area contributed by atoms with Gasteiger partial charge in [-0.15, -0.1) is 11.3 Å². The molecule has 1 unspecified atom stereocenters. The molecule has 1 aromatic heterocycles. The van der Waals surface area contributed by atoms with E-state index in [-0.39, 0.29) is 12.5 Å². The van der Waals surface area contributed by atoms with E-state index < -0.39 is 11.4 Å². The SMILES string of the molecule is COCCC1(C(=O)O)CCCN(C(=O)Cc2cccs2)C1. The topological polar surface area (TPSA) is 66.8 Å². The molecule has 1 atom stereocenters. The first kappa shape index (κ1) is 16.0. The van der Waals surface area contributed by atoms with E-state index in [0.29, 0.717) is 32.4 Å². The predicted octanol–water partition coefficient (Wildman–Crippen LogP) is 2.02. The van der Waals surface area contributed by atoms with E-state index in [9.17, 15) is 14.7 Å². The van der Waals surface area contributed by atoms with Crippen molar-refractivity contribution in [2.24, 2.45) is 5.41 Å². The van der Waals surface area contributed by atoms with E-state index >= 15 is 0 Å². The second-order valence-corrected chi connectivity index (χ2v) is 6.54. The Kier molecular flexibility index (Phi) is 5.36. The van der Waals surface area contributed by atoms with Gasteiger partial charge in [-0.2, -0.15) is 0 Å². The van der Waals surface area contributed by atoms with Crippen molar-refractivity contribution in [3.63, 3.8) is 0 Å². The minimum absolute atomic E-state index is 0.0141.